The van der Waals surface area contributed by atoms with E-state index in [1.165, 1.54) is 12.3 Å². The van der Waals surface area contributed by atoms with Crippen molar-refractivity contribution in [3.05, 3.63) is 83.8 Å². The van der Waals surface area contributed by atoms with Crippen molar-refractivity contribution in [1.82, 2.24) is 5.32 Å². The van der Waals surface area contributed by atoms with Crippen molar-refractivity contribution in [2.24, 2.45) is 0 Å². The van der Waals surface area contributed by atoms with E-state index in [9.17, 15) is 23.2 Å². The van der Waals surface area contributed by atoms with Crippen LogP contribution in [0.4, 0.5) is 20.2 Å². The summed E-state index contributed by atoms with van der Waals surface area (Å²) in [6.45, 7) is -0.395. The number of halogens is 2. The van der Waals surface area contributed by atoms with Crippen molar-refractivity contribution in [1.29, 1.82) is 0 Å². The molecule has 1 aromatic heterocycles. The minimum atomic E-state index is -0.890. The Labute approximate surface area is 163 Å². The van der Waals surface area contributed by atoms with Gasteiger partial charge in [-0.15, -0.1) is 0 Å². The predicted octanol–water partition coefficient (Wildman–Crippen LogP) is 3.18. The molecule has 0 fully saturated rings. The molecule has 0 saturated carbocycles. The maximum atomic E-state index is 13.1. The van der Waals surface area contributed by atoms with E-state index in [0.717, 1.165) is 12.1 Å². The second-order valence-corrected chi connectivity index (χ2v) is 5.90. The second kappa shape index (κ2) is 8.79. The molecule has 0 atom stereocenters. The zero-order chi connectivity index (χ0) is 20.8. The molecule has 0 aliphatic carbocycles. The Bertz CT molecular complexity index is 1010. The largest absolute Gasteiger partial charge is 0.459 e. The number of hydrogen-bond donors (Lipinski definition) is 3. The van der Waals surface area contributed by atoms with Gasteiger partial charge in [0.2, 0.25) is 5.91 Å². The van der Waals surface area contributed by atoms with Crippen LogP contribution < -0.4 is 16.0 Å². The third-order valence-electron chi connectivity index (χ3n) is 3.71. The Balaban J connectivity index is 1.50. The Morgan fingerprint density at radius 3 is 2.03 bits per heavy atom. The molecular formula is C20H15F2N3O4. The molecular weight excluding hydrogens is 384 g/mol. The Morgan fingerprint density at radius 2 is 1.45 bits per heavy atom. The molecule has 0 radical (unpaired) electrons. The number of rotatable bonds is 6. The van der Waals surface area contributed by atoms with E-state index in [1.54, 1.807) is 30.3 Å². The third kappa shape index (κ3) is 5.48. The van der Waals surface area contributed by atoms with E-state index < -0.39 is 35.9 Å². The van der Waals surface area contributed by atoms with Gasteiger partial charge in [0.15, 0.2) is 5.76 Å². The SMILES string of the molecule is O=C(CNC(=O)c1cc(F)cc(F)c1)Nc1ccc(NC(=O)c2ccco2)cc1. The number of amides is 3. The van der Waals surface area contributed by atoms with Crippen LogP contribution in [0.1, 0.15) is 20.9 Å². The van der Waals surface area contributed by atoms with Crippen LogP contribution in [-0.2, 0) is 4.79 Å². The van der Waals surface area contributed by atoms with Crippen molar-refractivity contribution in [3.8, 4) is 0 Å². The van der Waals surface area contributed by atoms with Crippen molar-refractivity contribution in [3.63, 3.8) is 0 Å². The molecule has 0 bridgehead atoms. The van der Waals surface area contributed by atoms with E-state index >= 15 is 0 Å². The highest BCUT2D eigenvalue weighted by molar-refractivity contribution is 6.02. The smallest absolute Gasteiger partial charge is 0.291 e. The van der Waals surface area contributed by atoms with E-state index in [2.05, 4.69) is 16.0 Å². The minimum Gasteiger partial charge on any atom is -0.459 e. The lowest BCUT2D eigenvalue weighted by Gasteiger charge is -2.08. The first-order chi connectivity index (χ1) is 13.9. The molecule has 0 spiro atoms. The molecule has 3 N–H and O–H groups in total. The van der Waals surface area contributed by atoms with Crippen LogP contribution in [0.3, 0.4) is 0 Å². The number of carbonyl (C=O) groups is 3. The molecule has 3 rings (SSSR count). The lowest BCUT2D eigenvalue weighted by molar-refractivity contribution is -0.115. The first kappa shape index (κ1) is 19.7. The summed E-state index contributed by atoms with van der Waals surface area (Å²) in [7, 11) is 0. The summed E-state index contributed by atoms with van der Waals surface area (Å²) in [5.74, 6) is -3.35. The van der Waals surface area contributed by atoms with Gasteiger partial charge in [-0.25, -0.2) is 8.78 Å². The monoisotopic (exact) mass is 399 g/mol. The summed E-state index contributed by atoms with van der Waals surface area (Å²) in [6.07, 6.45) is 1.39. The highest BCUT2D eigenvalue weighted by Crippen LogP contribution is 2.15. The van der Waals surface area contributed by atoms with Crippen LogP contribution in [0.5, 0.6) is 0 Å². The van der Waals surface area contributed by atoms with Gasteiger partial charge in [0.25, 0.3) is 11.8 Å². The standard InChI is InChI=1S/C20H15F2N3O4/c21-13-8-12(9-14(22)10-13)19(27)23-11-18(26)24-15-3-5-16(6-4-15)25-20(28)17-2-1-7-29-17/h1-10H,11H2,(H,23,27)(H,24,26)(H,25,28). The van der Waals surface area contributed by atoms with Gasteiger partial charge < -0.3 is 20.4 Å². The Morgan fingerprint density at radius 1 is 0.828 bits per heavy atom. The number of furan rings is 1. The van der Waals surface area contributed by atoms with Crippen LogP contribution in [0.25, 0.3) is 0 Å². The third-order valence-corrected chi connectivity index (χ3v) is 3.71. The number of anilines is 2. The quantitative estimate of drug-likeness (QED) is 0.593. The average molecular weight is 399 g/mol. The molecule has 0 saturated heterocycles. The van der Waals surface area contributed by atoms with Gasteiger partial charge in [-0.05, 0) is 48.5 Å². The molecule has 29 heavy (non-hydrogen) atoms. The van der Waals surface area contributed by atoms with Crippen LogP contribution in [0, 0.1) is 11.6 Å². The first-order valence-corrected chi connectivity index (χ1v) is 8.40. The number of carbonyl (C=O) groups excluding carboxylic acids is 3. The number of hydrogen-bond acceptors (Lipinski definition) is 4. The van der Waals surface area contributed by atoms with Crippen LogP contribution >= 0.6 is 0 Å². The highest BCUT2D eigenvalue weighted by Gasteiger charge is 2.12. The van der Waals surface area contributed by atoms with Gasteiger partial charge >= 0.3 is 0 Å². The summed E-state index contributed by atoms with van der Waals surface area (Å²) >= 11 is 0. The normalized spacial score (nSPS) is 10.3. The van der Waals surface area contributed by atoms with Crippen LogP contribution in [0.2, 0.25) is 0 Å². The van der Waals surface area contributed by atoms with Gasteiger partial charge in [0, 0.05) is 23.0 Å². The lowest BCUT2D eigenvalue weighted by atomic mass is 10.2. The van der Waals surface area contributed by atoms with Gasteiger partial charge in [-0.2, -0.15) is 0 Å². The van der Waals surface area contributed by atoms with Gasteiger partial charge in [0.1, 0.15) is 11.6 Å². The molecule has 1 heterocycles. The summed E-state index contributed by atoms with van der Waals surface area (Å²) in [5.41, 5.74) is 0.690. The molecule has 3 amide bonds. The fraction of sp³-hybridized carbons (Fsp3) is 0.0500. The lowest BCUT2D eigenvalue weighted by Crippen LogP contribution is -2.33. The maximum Gasteiger partial charge on any atom is 0.291 e. The van der Waals surface area contributed by atoms with Crippen LogP contribution in [-0.4, -0.2) is 24.3 Å². The topological polar surface area (TPSA) is 100 Å². The van der Waals surface area contributed by atoms with Gasteiger partial charge in [-0.3, -0.25) is 14.4 Å². The molecule has 0 aliphatic heterocycles. The summed E-state index contributed by atoms with van der Waals surface area (Å²) in [5, 5.41) is 7.45. The number of benzene rings is 2. The molecule has 0 aliphatic rings. The molecule has 9 heteroatoms. The molecule has 0 unspecified atom stereocenters. The van der Waals surface area contributed by atoms with E-state index in [-0.39, 0.29) is 11.3 Å². The minimum absolute atomic E-state index is 0.163. The van der Waals surface area contributed by atoms with Crippen LogP contribution in [0.15, 0.2) is 65.3 Å². The second-order valence-electron chi connectivity index (χ2n) is 5.90. The maximum absolute atomic E-state index is 13.1. The molecule has 3 aromatic rings. The molecule has 7 nitrogen and oxygen atoms in total. The Kier molecular flexibility index (Phi) is 5.98. The van der Waals surface area contributed by atoms with Crippen molar-refractivity contribution in [2.45, 2.75) is 0 Å². The van der Waals surface area contributed by atoms with E-state index in [0.29, 0.717) is 17.4 Å². The molecule has 148 valence electrons. The van der Waals surface area contributed by atoms with E-state index in [4.69, 9.17) is 4.42 Å². The predicted molar refractivity (Wildman–Crippen MR) is 100 cm³/mol. The van der Waals surface area contributed by atoms with Crippen molar-refractivity contribution in [2.75, 3.05) is 17.2 Å². The summed E-state index contributed by atoms with van der Waals surface area (Å²) in [6, 6.07) is 11.8. The summed E-state index contributed by atoms with van der Waals surface area (Å²) < 4.78 is 31.3. The molecule has 2 aromatic carbocycles. The van der Waals surface area contributed by atoms with Gasteiger partial charge in [-0.1, -0.05) is 0 Å². The zero-order valence-electron chi connectivity index (χ0n) is 14.9. The van der Waals surface area contributed by atoms with Crippen molar-refractivity contribution >= 4 is 29.1 Å². The van der Waals surface area contributed by atoms with E-state index in [1.807, 2.05) is 0 Å². The average Bonchev–Trinajstić information content (AvgIpc) is 3.22. The fourth-order valence-corrected chi connectivity index (χ4v) is 2.39. The van der Waals surface area contributed by atoms with Gasteiger partial charge in [0.05, 0.1) is 12.8 Å². The highest BCUT2D eigenvalue weighted by atomic mass is 19.1. The fourth-order valence-electron chi connectivity index (χ4n) is 2.39. The summed E-state index contributed by atoms with van der Waals surface area (Å²) in [4.78, 5) is 35.7. The van der Waals surface area contributed by atoms with Crippen molar-refractivity contribution < 1.29 is 27.6 Å². The zero-order valence-corrected chi connectivity index (χ0v) is 14.9. The Hall–Kier alpha value is -4.01. The first-order valence-electron chi connectivity index (χ1n) is 8.40. The number of nitrogens with one attached hydrogen (secondary N) is 3.